The van der Waals surface area contributed by atoms with Crippen LogP contribution in [0.5, 0.6) is 11.5 Å². The molecule has 0 radical (unpaired) electrons. The van der Waals surface area contributed by atoms with Gasteiger partial charge in [0.1, 0.15) is 30.3 Å². The van der Waals surface area contributed by atoms with Crippen molar-refractivity contribution in [2.45, 2.75) is 18.6 Å². The number of carbonyl (C=O) groups is 2. The molecule has 1 atom stereocenters. The molecule has 0 aliphatic carbocycles. The number of ether oxygens (including phenoxy) is 3. The third kappa shape index (κ3) is 7.57. The number of β-amino-alcohol motifs (C(OH)–C–C–N with tert-alkyl or cyclic N) is 1. The third-order valence-corrected chi connectivity index (χ3v) is 6.02. The van der Waals surface area contributed by atoms with Crippen LogP contribution in [0.15, 0.2) is 48.5 Å². The first kappa shape index (κ1) is 25.2. The Kier molecular flexibility index (Phi) is 8.46. The molecule has 188 valence electrons. The van der Waals surface area contributed by atoms with Gasteiger partial charge in [-0.15, -0.1) is 0 Å². The second-order valence-electron chi connectivity index (χ2n) is 8.85. The molecule has 2 saturated heterocycles. The molecule has 9 nitrogen and oxygen atoms in total. The van der Waals surface area contributed by atoms with Crippen LogP contribution in [0.3, 0.4) is 0 Å². The lowest BCUT2D eigenvalue weighted by Crippen LogP contribution is -2.48. The molecule has 35 heavy (non-hydrogen) atoms. The van der Waals surface area contributed by atoms with Crippen LogP contribution in [0.4, 0.5) is 4.79 Å². The highest BCUT2D eigenvalue weighted by Gasteiger charge is 2.33. The van der Waals surface area contributed by atoms with Gasteiger partial charge in [-0.05, 0) is 42.3 Å². The summed E-state index contributed by atoms with van der Waals surface area (Å²) in [5.41, 5.74) is -0.0526. The lowest BCUT2D eigenvalue weighted by molar-refractivity contribution is -0.118. The van der Waals surface area contributed by atoms with E-state index in [0.29, 0.717) is 56.6 Å². The van der Waals surface area contributed by atoms with Crippen molar-refractivity contribution in [3.8, 4) is 11.5 Å². The van der Waals surface area contributed by atoms with E-state index in [1.54, 1.807) is 24.3 Å². The molecule has 4 rings (SSSR count). The minimum absolute atomic E-state index is 0.101. The number of hydrogen-bond acceptors (Lipinski definition) is 7. The zero-order valence-corrected chi connectivity index (χ0v) is 20.2. The van der Waals surface area contributed by atoms with Crippen LogP contribution >= 0.6 is 11.6 Å². The number of benzene rings is 2. The first-order chi connectivity index (χ1) is 16.9. The zero-order chi connectivity index (χ0) is 24.7. The Hall–Kier alpha value is -2.85. The molecule has 0 bridgehead atoms. The van der Waals surface area contributed by atoms with Crippen LogP contribution < -0.4 is 14.8 Å². The SMILES string of the molecule is O=C1CN(CCCOc2ccc(CN3CCOCC(O)(COc4cccc(Cl)c4)C3)cc2)C(=O)N1. The number of imide groups is 1. The molecule has 10 heteroatoms. The van der Waals surface area contributed by atoms with Gasteiger partial charge < -0.3 is 24.2 Å². The van der Waals surface area contributed by atoms with Crippen molar-refractivity contribution in [2.75, 3.05) is 52.6 Å². The molecule has 2 aromatic carbocycles. The van der Waals surface area contributed by atoms with Gasteiger partial charge in [-0.25, -0.2) is 4.79 Å². The summed E-state index contributed by atoms with van der Waals surface area (Å²) < 4.78 is 17.2. The summed E-state index contributed by atoms with van der Waals surface area (Å²) >= 11 is 6.01. The van der Waals surface area contributed by atoms with Crippen molar-refractivity contribution < 1.29 is 28.9 Å². The number of rotatable bonds is 10. The molecule has 0 aromatic heterocycles. The number of amides is 3. The molecular formula is C25H30ClN3O6. The molecule has 1 unspecified atom stereocenters. The fraction of sp³-hybridized carbons (Fsp3) is 0.440. The molecular weight excluding hydrogens is 474 g/mol. The number of nitrogens with zero attached hydrogens (tertiary/aromatic N) is 2. The van der Waals surface area contributed by atoms with Crippen LogP contribution in [0.1, 0.15) is 12.0 Å². The summed E-state index contributed by atoms with van der Waals surface area (Å²) in [6, 6.07) is 14.6. The summed E-state index contributed by atoms with van der Waals surface area (Å²) in [6.07, 6.45) is 0.631. The minimum Gasteiger partial charge on any atom is -0.494 e. The molecule has 2 aromatic rings. The lowest BCUT2D eigenvalue weighted by Gasteiger charge is -2.30. The standard InChI is InChI=1S/C25H30ClN3O6/c26-20-3-1-4-22(13-20)35-18-25(32)16-28(10-12-33-17-25)14-19-5-7-21(8-6-19)34-11-2-9-29-15-23(30)27-24(29)31/h1,3-8,13,32H,2,9-12,14-18H2,(H,27,30,31). The van der Waals surface area contributed by atoms with E-state index in [4.69, 9.17) is 25.8 Å². The topological polar surface area (TPSA) is 101 Å². The quantitative estimate of drug-likeness (QED) is 0.379. The molecule has 2 heterocycles. The highest BCUT2D eigenvalue weighted by molar-refractivity contribution is 6.30. The monoisotopic (exact) mass is 503 g/mol. The Labute approximate surface area is 209 Å². The third-order valence-electron chi connectivity index (χ3n) is 5.78. The van der Waals surface area contributed by atoms with Gasteiger partial charge in [-0.1, -0.05) is 29.8 Å². The number of aliphatic hydroxyl groups is 1. The number of nitrogens with one attached hydrogen (secondary N) is 1. The molecule has 3 amide bonds. The van der Waals surface area contributed by atoms with E-state index in [-0.39, 0.29) is 31.7 Å². The number of halogens is 1. The van der Waals surface area contributed by atoms with Gasteiger partial charge in [0.25, 0.3) is 0 Å². The van der Waals surface area contributed by atoms with E-state index < -0.39 is 5.60 Å². The van der Waals surface area contributed by atoms with E-state index in [0.717, 1.165) is 11.3 Å². The van der Waals surface area contributed by atoms with E-state index in [9.17, 15) is 14.7 Å². The van der Waals surface area contributed by atoms with Crippen LogP contribution in [0, 0.1) is 0 Å². The van der Waals surface area contributed by atoms with Gasteiger partial charge >= 0.3 is 6.03 Å². The number of carbonyl (C=O) groups excluding carboxylic acids is 2. The maximum absolute atomic E-state index is 11.5. The van der Waals surface area contributed by atoms with Crippen molar-refractivity contribution in [3.05, 3.63) is 59.1 Å². The second kappa shape index (κ2) is 11.7. The highest BCUT2D eigenvalue weighted by atomic mass is 35.5. The van der Waals surface area contributed by atoms with Crippen molar-refractivity contribution in [3.63, 3.8) is 0 Å². The minimum atomic E-state index is -1.14. The van der Waals surface area contributed by atoms with Crippen LogP contribution in [-0.4, -0.2) is 85.1 Å². The Balaban J connectivity index is 1.23. The second-order valence-corrected chi connectivity index (χ2v) is 9.29. The van der Waals surface area contributed by atoms with E-state index in [1.807, 2.05) is 24.3 Å². The highest BCUT2D eigenvalue weighted by Crippen LogP contribution is 2.21. The summed E-state index contributed by atoms with van der Waals surface area (Å²) in [5, 5.41) is 14.0. The van der Waals surface area contributed by atoms with Gasteiger partial charge in [-0.2, -0.15) is 0 Å². The van der Waals surface area contributed by atoms with Crippen LogP contribution in [0.2, 0.25) is 5.02 Å². The first-order valence-corrected chi connectivity index (χ1v) is 12.0. The summed E-state index contributed by atoms with van der Waals surface area (Å²) in [5.74, 6) is 1.07. The maximum atomic E-state index is 11.5. The van der Waals surface area contributed by atoms with Crippen molar-refractivity contribution in [2.24, 2.45) is 0 Å². The molecule has 2 aliphatic rings. The summed E-state index contributed by atoms with van der Waals surface area (Å²) in [6.45, 7) is 3.62. The molecule has 2 fully saturated rings. The Morgan fingerprint density at radius 3 is 2.69 bits per heavy atom. The smallest absolute Gasteiger partial charge is 0.324 e. The normalized spacial score (nSPS) is 21.0. The van der Waals surface area contributed by atoms with Crippen LogP contribution in [0.25, 0.3) is 0 Å². The molecule has 2 N–H and O–H groups in total. The van der Waals surface area contributed by atoms with Gasteiger partial charge in [0.05, 0.1) is 19.8 Å². The maximum Gasteiger partial charge on any atom is 0.324 e. The fourth-order valence-electron chi connectivity index (χ4n) is 4.05. The summed E-state index contributed by atoms with van der Waals surface area (Å²) in [4.78, 5) is 26.4. The van der Waals surface area contributed by atoms with E-state index >= 15 is 0 Å². The van der Waals surface area contributed by atoms with E-state index in [1.165, 1.54) is 4.90 Å². The Bertz CT molecular complexity index is 1020. The molecule has 2 aliphatic heterocycles. The van der Waals surface area contributed by atoms with Gasteiger partial charge in [0.15, 0.2) is 0 Å². The van der Waals surface area contributed by atoms with E-state index in [2.05, 4.69) is 10.2 Å². The van der Waals surface area contributed by atoms with Crippen molar-refractivity contribution in [1.29, 1.82) is 0 Å². The van der Waals surface area contributed by atoms with Crippen LogP contribution in [-0.2, 0) is 16.1 Å². The predicted octanol–water partition coefficient (Wildman–Crippen LogP) is 2.30. The van der Waals surface area contributed by atoms with Crippen molar-refractivity contribution >= 4 is 23.5 Å². The van der Waals surface area contributed by atoms with Crippen molar-refractivity contribution in [1.82, 2.24) is 15.1 Å². The van der Waals surface area contributed by atoms with Gasteiger partial charge in [0.2, 0.25) is 5.91 Å². The molecule has 0 saturated carbocycles. The fourth-order valence-corrected chi connectivity index (χ4v) is 4.23. The van der Waals surface area contributed by atoms with Gasteiger partial charge in [-0.3, -0.25) is 15.0 Å². The molecule has 0 spiro atoms. The Morgan fingerprint density at radius 1 is 1.11 bits per heavy atom. The number of hydrogen-bond donors (Lipinski definition) is 2. The Morgan fingerprint density at radius 2 is 1.94 bits per heavy atom. The average Bonchev–Trinajstić information content (AvgIpc) is 3.03. The largest absolute Gasteiger partial charge is 0.494 e. The van der Waals surface area contributed by atoms with Gasteiger partial charge in [0, 0.05) is 31.2 Å². The summed E-state index contributed by atoms with van der Waals surface area (Å²) in [7, 11) is 0. The zero-order valence-electron chi connectivity index (χ0n) is 19.5. The predicted molar refractivity (Wildman–Crippen MR) is 130 cm³/mol. The number of urea groups is 1. The lowest BCUT2D eigenvalue weighted by atomic mass is 10.1. The first-order valence-electron chi connectivity index (χ1n) is 11.6. The average molecular weight is 504 g/mol.